The minimum Gasteiger partial charge on any atom is -0.358 e. The van der Waals surface area contributed by atoms with Crippen LogP contribution in [0.15, 0.2) is 54.6 Å². The smallest absolute Gasteiger partial charge is 0.164 e. The summed E-state index contributed by atoms with van der Waals surface area (Å²) in [4.78, 5) is 14.8. The monoisotopic (exact) mass is 391 g/mol. The predicted molar refractivity (Wildman–Crippen MR) is 113 cm³/mol. The molecule has 0 spiro atoms. The second-order valence-corrected chi connectivity index (χ2v) is 7.86. The Balaban J connectivity index is 2.21. The average Bonchev–Trinajstić information content (AvgIpc) is 2.63. The van der Waals surface area contributed by atoms with Crippen molar-refractivity contribution >= 4 is 45.7 Å². The van der Waals surface area contributed by atoms with E-state index in [1.54, 1.807) is 11.8 Å². The third kappa shape index (κ3) is 5.84. The summed E-state index contributed by atoms with van der Waals surface area (Å²) in [6.07, 6.45) is 0.401. The summed E-state index contributed by atoms with van der Waals surface area (Å²) in [5.74, 6) is 0.121. The zero-order valence-corrected chi connectivity index (χ0v) is 16.8. The Morgan fingerprint density at radius 3 is 2.24 bits per heavy atom. The van der Waals surface area contributed by atoms with Crippen molar-refractivity contribution in [2.24, 2.45) is 0 Å². The highest BCUT2D eigenvalue weighted by atomic mass is 35.5. The third-order valence-electron chi connectivity index (χ3n) is 3.97. The maximum Gasteiger partial charge on any atom is 0.164 e. The lowest BCUT2D eigenvalue weighted by molar-refractivity contribution is 0.0982. The second kappa shape index (κ2) is 9.95. The van der Waals surface area contributed by atoms with Crippen LogP contribution in [0.2, 0.25) is 5.02 Å². The van der Waals surface area contributed by atoms with Crippen LogP contribution in [-0.2, 0) is 0 Å². The topological polar surface area (TPSA) is 20.3 Å². The highest BCUT2D eigenvalue weighted by molar-refractivity contribution is 8.23. The van der Waals surface area contributed by atoms with E-state index in [0.717, 1.165) is 28.5 Å². The first-order valence-electron chi connectivity index (χ1n) is 8.34. The fraction of sp³-hybridized carbons (Fsp3) is 0.300. The lowest BCUT2D eigenvalue weighted by Gasteiger charge is -2.25. The largest absolute Gasteiger partial charge is 0.358 e. The molecule has 1 unspecified atom stereocenters. The van der Waals surface area contributed by atoms with Crippen LogP contribution >= 0.6 is 35.6 Å². The predicted octanol–water partition coefficient (Wildman–Crippen LogP) is 6.01. The molecule has 0 aliphatic carbocycles. The summed E-state index contributed by atoms with van der Waals surface area (Å²) in [6.45, 7) is 5.90. The fourth-order valence-corrected chi connectivity index (χ4v) is 4.40. The number of Topliss-reactive ketones (excluding diaryl/α,β-unsaturated/α-hetero) is 1. The highest BCUT2D eigenvalue weighted by Gasteiger charge is 2.21. The first-order chi connectivity index (χ1) is 12.0. The molecule has 0 heterocycles. The van der Waals surface area contributed by atoms with Crippen LogP contribution in [0.1, 0.15) is 41.4 Å². The van der Waals surface area contributed by atoms with Crippen molar-refractivity contribution in [3.63, 3.8) is 0 Å². The van der Waals surface area contributed by atoms with Gasteiger partial charge in [-0.05, 0) is 31.5 Å². The van der Waals surface area contributed by atoms with Gasteiger partial charge in [0.05, 0.1) is 0 Å². The number of thiocarbonyl (C=S) groups is 1. The van der Waals surface area contributed by atoms with Gasteiger partial charge in [0.1, 0.15) is 4.32 Å². The number of nitrogens with zero attached hydrogens (tertiary/aromatic N) is 1. The fourth-order valence-electron chi connectivity index (χ4n) is 2.49. The third-order valence-corrected chi connectivity index (χ3v) is 5.96. The average molecular weight is 392 g/mol. The molecular formula is C20H22ClNOS2. The van der Waals surface area contributed by atoms with Gasteiger partial charge in [-0.1, -0.05) is 78.0 Å². The first kappa shape index (κ1) is 20.0. The van der Waals surface area contributed by atoms with Gasteiger partial charge >= 0.3 is 0 Å². The Hall–Kier alpha value is -1.36. The van der Waals surface area contributed by atoms with Crippen LogP contribution in [0.25, 0.3) is 0 Å². The summed E-state index contributed by atoms with van der Waals surface area (Å²) in [6, 6.07) is 17.1. The molecule has 0 amide bonds. The van der Waals surface area contributed by atoms with E-state index in [-0.39, 0.29) is 11.0 Å². The standard InChI is InChI=1S/C20H22ClNOS2/c1-3-22(4-2)20(24)25-19(16-10-12-17(21)13-11-16)14-18(23)15-8-6-5-7-9-15/h5-13,19H,3-4,14H2,1-2H3. The van der Waals surface area contributed by atoms with E-state index in [4.69, 9.17) is 23.8 Å². The molecule has 132 valence electrons. The Morgan fingerprint density at radius 2 is 1.68 bits per heavy atom. The summed E-state index contributed by atoms with van der Waals surface area (Å²) in [5, 5.41) is 0.659. The number of benzene rings is 2. The van der Waals surface area contributed by atoms with Gasteiger partial charge in [-0.15, -0.1) is 0 Å². The van der Waals surface area contributed by atoms with Crippen molar-refractivity contribution in [2.75, 3.05) is 13.1 Å². The number of carbonyl (C=O) groups is 1. The molecule has 2 rings (SSSR count). The van der Waals surface area contributed by atoms with Crippen molar-refractivity contribution in [3.8, 4) is 0 Å². The molecular weight excluding hydrogens is 370 g/mol. The van der Waals surface area contributed by atoms with E-state index >= 15 is 0 Å². The van der Waals surface area contributed by atoms with Gasteiger partial charge < -0.3 is 4.90 Å². The lowest BCUT2D eigenvalue weighted by Crippen LogP contribution is -2.27. The first-order valence-corrected chi connectivity index (χ1v) is 10.0. The normalized spacial score (nSPS) is 11.8. The van der Waals surface area contributed by atoms with Crippen molar-refractivity contribution in [3.05, 3.63) is 70.7 Å². The van der Waals surface area contributed by atoms with Crippen molar-refractivity contribution < 1.29 is 4.79 Å². The number of rotatable bonds is 7. The molecule has 1 atom stereocenters. The Morgan fingerprint density at radius 1 is 1.08 bits per heavy atom. The number of halogens is 1. The molecule has 0 bridgehead atoms. The highest BCUT2D eigenvalue weighted by Crippen LogP contribution is 2.35. The van der Waals surface area contributed by atoms with Crippen molar-refractivity contribution in [1.82, 2.24) is 4.90 Å². The summed E-state index contributed by atoms with van der Waals surface area (Å²) < 4.78 is 0.825. The maximum absolute atomic E-state index is 12.7. The molecule has 25 heavy (non-hydrogen) atoms. The molecule has 2 aromatic carbocycles. The molecule has 0 aliphatic rings. The van der Waals surface area contributed by atoms with E-state index in [2.05, 4.69) is 18.7 Å². The van der Waals surface area contributed by atoms with Crippen molar-refractivity contribution in [1.29, 1.82) is 0 Å². The van der Waals surface area contributed by atoms with Gasteiger partial charge in [-0.2, -0.15) is 0 Å². The SMILES string of the molecule is CCN(CC)C(=S)SC(CC(=O)c1ccccc1)c1ccc(Cl)cc1. The van der Waals surface area contributed by atoms with Gasteiger partial charge in [0.15, 0.2) is 5.78 Å². The van der Waals surface area contributed by atoms with Crippen LogP contribution in [0.5, 0.6) is 0 Å². The van der Waals surface area contributed by atoms with E-state index in [1.165, 1.54) is 0 Å². The number of thioether (sulfide) groups is 1. The van der Waals surface area contributed by atoms with E-state index in [0.29, 0.717) is 11.4 Å². The Bertz CT molecular complexity index is 699. The van der Waals surface area contributed by atoms with Crippen LogP contribution in [0.4, 0.5) is 0 Å². The lowest BCUT2D eigenvalue weighted by atomic mass is 10.0. The van der Waals surface area contributed by atoms with Crippen LogP contribution in [0, 0.1) is 0 Å². The molecule has 0 fully saturated rings. The summed E-state index contributed by atoms with van der Waals surface area (Å²) in [7, 11) is 0. The molecule has 5 heteroatoms. The molecule has 2 nitrogen and oxygen atoms in total. The number of ketones is 1. The zero-order valence-electron chi connectivity index (χ0n) is 14.4. The van der Waals surface area contributed by atoms with Crippen LogP contribution in [-0.4, -0.2) is 28.1 Å². The minimum atomic E-state index is -0.0296. The van der Waals surface area contributed by atoms with Gasteiger partial charge in [-0.3, -0.25) is 4.79 Å². The Kier molecular flexibility index (Phi) is 7.94. The van der Waals surface area contributed by atoms with Gasteiger partial charge in [0.2, 0.25) is 0 Å². The molecule has 2 aromatic rings. The minimum absolute atomic E-state index is 0.0296. The van der Waals surface area contributed by atoms with Crippen LogP contribution in [0.3, 0.4) is 0 Å². The summed E-state index contributed by atoms with van der Waals surface area (Å²) in [5.41, 5.74) is 1.80. The zero-order chi connectivity index (χ0) is 18.2. The Labute approximate surface area is 164 Å². The number of carbonyl (C=O) groups excluding carboxylic acids is 1. The molecule has 0 aliphatic heterocycles. The van der Waals surface area contributed by atoms with E-state index in [1.807, 2.05) is 54.6 Å². The van der Waals surface area contributed by atoms with Crippen LogP contribution < -0.4 is 0 Å². The number of hydrogen-bond donors (Lipinski definition) is 0. The van der Waals surface area contributed by atoms with Gasteiger partial charge in [0, 0.05) is 35.3 Å². The van der Waals surface area contributed by atoms with Gasteiger partial charge in [-0.25, -0.2) is 0 Å². The molecule has 0 aromatic heterocycles. The van der Waals surface area contributed by atoms with Crippen molar-refractivity contribution in [2.45, 2.75) is 25.5 Å². The second-order valence-electron chi connectivity index (χ2n) is 5.59. The maximum atomic E-state index is 12.7. The number of hydrogen-bond acceptors (Lipinski definition) is 3. The van der Waals surface area contributed by atoms with E-state index in [9.17, 15) is 4.79 Å². The molecule has 0 radical (unpaired) electrons. The van der Waals surface area contributed by atoms with E-state index < -0.39 is 0 Å². The summed E-state index contributed by atoms with van der Waals surface area (Å²) >= 11 is 13.2. The quantitative estimate of drug-likeness (QED) is 0.425. The molecule has 0 saturated carbocycles. The molecule has 0 saturated heterocycles. The van der Waals surface area contributed by atoms with Gasteiger partial charge in [0.25, 0.3) is 0 Å². The molecule has 0 N–H and O–H groups in total.